The van der Waals surface area contributed by atoms with Crippen molar-refractivity contribution in [1.82, 2.24) is 5.48 Å². The van der Waals surface area contributed by atoms with E-state index in [9.17, 15) is 4.79 Å². The average Bonchev–Trinajstić information content (AvgIpc) is 2.88. The van der Waals surface area contributed by atoms with Gasteiger partial charge in [0.25, 0.3) is 5.91 Å². The lowest BCUT2D eigenvalue weighted by Gasteiger charge is -2.22. The van der Waals surface area contributed by atoms with Gasteiger partial charge in [-0.25, -0.2) is 0 Å². The molecule has 0 spiro atoms. The number of hydrogen-bond donors (Lipinski definition) is 2. The number of carbonyl (C=O) groups is 1. The zero-order chi connectivity index (χ0) is 20.2. The summed E-state index contributed by atoms with van der Waals surface area (Å²) in [6.07, 6.45) is 1.63. The van der Waals surface area contributed by atoms with Crippen LogP contribution in [0.2, 0.25) is 0 Å². The molecule has 0 saturated heterocycles. The Kier molecular flexibility index (Phi) is 5.31. The third kappa shape index (κ3) is 3.86. The van der Waals surface area contributed by atoms with Crippen molar-refractivity contribution in [3.63, 3.8) is 0 Å². The maximum atomic E-state index is 13.2. The fraction of sp³-hybridized carbons (Fsp3) is 0.125. The lowest BCUT2D eigenvalue weighted by atomic mass is 10.1. The quantitative estimate of drug-likeness (QED) is 0.584. The molecular weight excluding hydrogens is 364 g/mol. The first-order chi connectivity index (χ1) is 14.2. The number of carbonyl (C=O) groups excluding carboxylic acids is 1. The van der Waals surface area contributed by atoms with Gasteiger partial charge in [0.15, 0.2) is 5.75 Å². The van der Waals surface area contributed by atoms with Crippen molar-refractivity contribution in [3.05, 3.63) is 96.1 Å². The largest absolute Gasteiger partial charge is 0.454 e. The summed E-state index contributed by atoms with van der Waals surface area (Å²) in [5.74, 6) is 1.22. The molecule has 0 saturated carbocycles. The predicted molar refractivity (Wildman–Crippen MR) is 113 cm³/mol. The molecule has 0 radical (unpaired) electrons. The van der Waals surface area contributed by atoms with E-state index >= 15 is 0 Å². The van der Waals surface area contributed by atoms with E-state index < -0.39 is 0 Å². The van der Waals surface area contributed by atoms with Crippen molar-refractivity contribution in [2.75, 3.05) is 11.4 Å². The molecule has 0 aliphatic carbocycles. The van der Waals surface area contributed by atoms with E-state index in [1.807, 2.05) is 66.7 Å². The maximum absolute atomic E-state index is 13.2. The second-order valence-electron chi connectivity index (χ2n) is 6.91. The van der Waals surface area contributed by atoms with Crippen molar-refractivity contribution in [2.24, 2.45) is 0 Å². The zero-order valence-electron chi connectivity index (χ0n) is 16.0. The first kappa shape index (κ1) is 18.8. The van der Waals surface area contributed by atoms with Crippen LogP contribution in [0.15, 0.2) is 79.4 Å². The van der Waals surface area contributed by atoms with Crippen LogP contribution in [0.4, 0.5) is 5.69 Å². The highest BCUT2D eigenvalue weighted by atomic mass is 16.5. The van der Waals surface area contributed by atoms with Crippen LogP contribution in [0.25, 0.3) is 5.70 Å². The molecule has 3 aromatic carbocycles. The summed E-state index contributed by atoms with van der Waals surface area (Å²) in [5.41, 5.74) is 5.88. The fourth-order valence-electron chi connectivity index (χ4n) is 3.47. The molecule has 0 fully saturated rings. The second kappa shape index (κ2) is 8.20. The number of benzene rings is 3. The summed E-state index contributed by atoms with van der Waals surface area (Å²) in [6, 6.07) is 22.8. The highest BCUT2D eigenvalue weighted by Crippen LogP contribution is 2.38. The summed E-state index contributed by atoms with van der Waals surface area (Å²) in [6.45, 7) is 4.32. The number of rotatable bonds is 6. The Labute approximate surface area is 169 Å². The van der Waals surface area contributed by atoms with E-state index in [0.717, 1.165) is 29.7 Å². The minimum absolute atomic E-state index is 0.0498. The smallest absolute Gasteiger partial charge is 0.262 e. The van der Waals surface area contributed by atoms with Gasteiger partial charge in [-0.15, -0.1) is 0 Å². The average molecular weight is 386 g/mol. The molecule has 0 bridgehead atoms. The van der Waals surface area contributed by atoms with Crippen LogP contribution in [0.1, 0.15) is 27.9 Å². The Morgan fingerprint density at radius 2 is 1.66 bits per heavy atom. The van der Waals surface area contributed by atoms with E-state index in [1.165, 1.54) is 0 Å². The van der Waals surface area contributed by atoms with Gasteiger partial charge in [-0.1, -0.05) is 55.1 Å². The summed E-state index contributed by atoms with van der Waals surface area (Å²) in [7, 11) is 0. The summed E-state index contributed by atoms with van der Waals surface area (Å²) >= 11 is 0. The highest BCUT2D eigenvalue weighted by molar-refractivity contribution is 6.09. The number of amides is 1. The predicted octanol–water partition coefficient (Wildman–Crippen LogP) is 5.02. The van der Waals surface area contributed by atoms with Crippen LogP contribution in [0, 0.1) is 0 Å². The minimum Gasteiger partial charge on any atom is -0.454 e. The molecule has 0 unspecified atom stereocenters. The van der Waals surface area contributed by atoms with Crippen LogP contribution in [0.5, 0.6) is 11.5 Å². The lowest BCUT2D eigenvalue weighted by Crippen LogP contribution is -2.31. The van der Waals surface area contributed by atoms with Gasteiger partial charge in [0.1, 0.15) is 5.75 Å². The van der Waals surface area contributed by atoms with Crippen LogP contribution < -0.4 is 15.1 Å². The molecular formula is C24H22N2O3. The van der Waals surface area contributed by atoms with Crippen molar-refractivity contribution < 1.29 is 14.7 Å². The summed E-state index contributed by atoms with van der Waals surface area (Å²) < 4.78 is 6.02. The third-order valence-corrected chi connectivity index (χ3v) is 5.02. The van der Waals surface area contributed by atoms with Crippen LogP contribution >= 0.6 is 0 Å². The summed E-state index contributed by atoms with van der Waals surface area (Å²) in [4.78, 5) is 15.0. The van der Waals surface area contributed by atoms with Gasteiger partial charge in [-0.2, -0.15) is 0 Å². The molecule has 0 aromatic heterocycles. The van der Waals surface area contributed by atoms with Crippen molar-refractivity contribution >= 4 is 17.3 Å². The fourth-order valence-corrected chi connectivity index (χ4v) is 3.47. The molecule has 4 rings (SSSR count). The number of nitrogens with one attached hydrogen (secondary N) is 1. The number of anilines is 1. The number of ether oxygens (including phenoxy) is 1. The number of nitrogens with zero attached hydrogens (tertiary/aromatic N) is 1. The molecule has 29 heavy (non-hydrogen) atoms. The number of hydroxylamine groups is 1. The Bertz CT molecular complexity index is 1040. The summed E-state index contributed by atoms with van der Waals surface area (Å²) in [5, 5.41) is 8.94. The first-order valence-corrected chi connectivity index (χ1v) is 9.53. The van der Waals surface area contributed by atoms with Gasteiger partial charge in [0.05, 0.1) is 16.9 Å². The Balaban J connectivity index is 1.52. The van der Waals surface area contributed by atoms with E-state index in [2.05, 4.69) is 12.1 Å². The van der Waals surface area contributed by atoms with Gasteiger partial charge >= 0.3 is 0 Å². The lowest BCUT2D eigenvalue weighted by molar-refractivity contribution is 0.0987. The normalized spacial score (nSPS) is 12.4. The van der Waals surface area contributed by atoms with E-state index in [4.69, 9.17) is 9.94 Å². The molecule has 3 aromatic rings. The van der Waals surface area contributed by atoms with Gasteiger partial charge < -0.3 is 9.64 Å². The molecule has 5 nitrogen and oxygen atoms in total. The number of hydrogen-bond acceptors (Lipinski definition) is 4. The van der Waals surface area contributed by atoms with Crippen molar-refractivity contribution in [2.45, 2.75) is 12.8 Å². The molecule has 1 amide bonds. The number of aryl methyl sites for hydroxylation is 1. The highest BCUT2D eigenvalue weighted by Gasteiger charge is 2.27. The van der Waals surface area contributed by atoms with Gasteiger partial charge in [-0.3, -0.25) is 15.5 Å². The Hall–Kier alpha value is -3.57. The standard InChI is InChI=1S/C24H22N2O3/c1-17(25-28)19-14-12-18(13-15-19)7-6-16-26-21-9-3-5-11-23(21)29-22-10-4-2-8-20(22)24(26)27/h2-5,8-15,25,28H,1,6-7,16H2. The molecule has 2 N–H and O–H groups in total. The zero-order valence-corrected chi connectivity index (χ0v) is 16.0. The first-order valence-electron chi connectivity index (χ1n) is 9.53. The van der Waals surface area contributed by atoms with Crippen molar-refractivity contribution in [1.29, 1.82) is 0 Å². The van der Waals surface area contributed by atoms with Crippen molar-refractivity contribution in [3.8, 4) is 11.5 Å². The molecule has 5 heteroatoms. The Morgan fingerprint density at radius 3 is 2.41 bits per heavy atom. The van der Waals surface area contributed by atoms with Crippen LogP contribution in [-0.4, -0.2) is 17.7 Å². The molecule has 0 atom stereocenters. The minimum atomic E-state index is -0.0498. The van der Waals surface area contributed by atoms with E-state index in [1.54, 1.807) is 11.0 Å². The molecule has 146 valence electrons. The van der Waals surface area contributed by atoms with Gasteiger partial charge in [-0.05, 0) is 48.2 Å². The monoisotopic (exact) mass is 386 g/mol. The second-order valence-corrected chi connectivity index (χ2v) is 6.91. The molecule has 1 aliphatic rings. The SMILES string of the molecule is C=C(NO)c1ccc(CCCN2C(=O)c3ccccc3Oc3ccccc32)cc1. The van der Waals surface area contributed by atoms with E-state index in [-0.39, 0.29) is 5.91 Å². The van der Waals surface area contributed by atoms with E-state index in [0.29, 0.717) is 29.3 Å². The number of para-hydroxylation sites is 3. The topological polar surface area (TPSA) is 61.8 Å². The van der Waals surface area contributed by atoms with Gasteiger partial charge in [0.2, 0.25) is 0 Å². The Morgan fingerprint density at radius 1 is 0.966 bits per heavy atom. The molecule has 1 heterocycles. The van der Waals surface area contributed by atoms with Gasteiger partial charge in [0, 0.05) is 6.54 Å². The third-order valence-electron chi connectivity index (χ3n) is 5.02. The maximum Gasteiger partial charge on any atom is 0.262 e. The van der Waals surface area contributed by atoms with Crippen LogP contribution in [0.3, 0.4) is 0 Å². The molecule has 1 aliphatic heterocycles. The van der Waals surface area contributed by atoms with Crippen LogP contribution in [-0.2, 0) is 6.42 Å². The number of fused-ring (bicyclic) bond motifs is 2.